The minimum atomic E-state index is 0.202. The van der Waals surface area contributed by atoms with E-state index in [9.17, 15) is 4.79 Å². The molecule has 5 heterocycles. The van der Waals surface area contributed by atoms with Gasteiger partial charge in [-0.05, 0) is 56.4 Å². The first-order chi connectivity index (χ1) is 16.7. The number of carbonyl (C=O) groups excluding carboxylic acids is 1. The number of pyridine rings is 1. The number of rotatable bonds is 4. The lowest BCUT2D eigenvalue weighted by Gasteiger charge is -2.25. The molecule has 1 aromatic carbocycles. The van der Waals surface area contributed by atoms with E-state index in [0.717, 1.165) is 69.6 Å². The first-order valence-electron chi connectivity index (χ1n) is 11.9. The van der Waals surface area contributed by atoms with Crippen molar-refractivity contribution in [3.63, 3.8) is 0 Å². The van der Waals surface area contributed by atoms with Crippen LogP contribution in [0.3, 0.4) is 0 Å². The first-order valence-corrected chi connectivity index (χ1v) is 12.7. The summed E-state index contributed by atoms with van der Waals surface area (Å²) in [7, 11) is 0. The van der Waals surface area contributed by atoms with E-state index in [1.165, 1.54) is 19.3 Å². The van der Waals surface area contributed by atoms with Crippen molar-refractivity contribution < 1.29 is 4.79 Å². The predicted molar refractivity (Wildman–Crippen MR) is 136 cm³/mol. The molecular weight excluding hydrogens is 444 g/mol. The minimum Gasteiger partial charge on any atom is -0.348 e. The summed E-state index contributed by atoms with van der Waals surface area (Å²) in [4.78, 5) is 35.1. The van der Waals surface area contributed by atoms with Crippen LogP contribution in [0.25, 0.3) is 32.7 Å². The number of benzene rings is 1. The SMILES string of the molecule is Cc1nc(-c2cncc(-c3ccc(N4CCCC4=O)cc3)c2)c2sc(N3CCCCC3)nc2n1. The van der Waals surface area contributed by atoms with Crippen molar-refractivity contribution >= 4 is 38.4 Å². The molecule has 172 valence electrons. The second-order valence-corrected chi connectivity index (χ2v) is 9.95. The molecule has 2 fully saturated rings. The summed E-state index contributed by atoms with van der Waals surface area (Å²) >= 11 is 1.68. The molecule has 0 saturated carbocycles. The average molecular weight is 471 g/mol. The van der Waals surface area contributed by atoms with Crippen molar-refractivity contribution in [3.8, 4) is 22.4 Å². The second kappa shape index (κ2) is 8.76. The zero-order valence-electron chi connectivity index (χ0n) is 19.2. The Balaban J connectivity index is 1.35. The molecule has 34 heavy (non-hydrogen) atoms. The van der Waals surface area contributed by atoms with E-state index in [1.54, 1.807) is 11.3 Å². The van der Waals surface area contributed by atoms with Crippen molar-refractivity contribution in [1.82, 2.24) is 19.9 Å². The van der Waals surface area contributed by atoms with Crippen LogP contribution >= 0.6 is 11.3 Å². The Kier molecular flexibility index (Phi) is 5.45. The largest absolute Gasteiger partial charge is 0.348 e. The van der Waals surface area contributed by atoms with Crippen LogP contribution in [-0.4, -0.2) is 45.5 Å². The molecule has 0 spiro atoms. The lowest BCUT2D eigenvalue weighted by Crippen LogP contribution is -2.29. The number of fused-ring (bicyclic) bond motifs is 1. The number of nitrogens with zero attached hydrogens (tertiary/aromatic N) is 6. The van der Waals surface area contributed by atoms with Crippen molar-refractivity contribution in [2.45, 2.75) is 39.0 Å². The standard InChI is InChI=1S/C26H26N6OS/c1-17-28-23(24-25(29-17)30-26(34-24)31-11-3-2-4-12-31)20-14-19(15-27-16-20)18-7-9-21(10-8-18)32-13-5-6-22(32)33/h7-10,14-16H,2-6,11-13H2,1H3. The van der Waals surface area contributed by atoms with Crippen LogP contribution in [0.5, 0.6) is 0 Å². The Morgan fingerprint density at radius 1 is 0.853 bits per heavy atom. The lowest BCUT2D eigenvalue weighted by atomic mass is 10.0. The van der Waals surface area contributed by atoms with Gasteiger partial charge in [-0.2, -0.15) is 4.98 Å². The van der Waals surface area contributed by atoms with E-state index < -0.39 is 0 Å². The van der Waals surface area contributed by atoms with Crippen molar-refractivity contribution in [1.29, 1.82) is 0 Å². The normalized spacial score (nSPS) is 16.6. The van der Waals surface area contributed by atoms with Gasteiger partial charge in [0.2, 0.25) is 5.91 Å². The fraction of sp³-hybridized carbons (Fsp3) is 0.346. The summed E-state index contributed by atoms with van der Waals surface area (Å²) in [5.74, 6) is 0.913. The Morgan fingerprint density at radius 2 is 1.65 bits per heavy atom. The maximum atomic E-state index is 12.1. The first kappa shape index (κ1) is 21.2. The summed E-state index contributed by atoms with van der Waals surface area (Å²) < 4.78 is 1.01. The summed E-state index contributed by atoms with van der Waals surface area (Å²) in [6, 6.07) is 10.3. The van der Waals surface area contributed by atoms with E-state index >= 15 is 0 Å². The van der Waals surface area contributed by atoms with Crippen LogP contribution in [0.1, 0.15) is 37.9 Å². The Morgan fingerprint density at radius 3 is 2.41 bits per heavy atom. The molecule has 2 saturated heterocycles. The number of thiazole rings is 1. The van der Waals surface area contributed by atoms with Gasteiger partial charge < -0.3 is 9.80 Å². The van der Waals surface area contributed by atoms with Crippen molar-refractivity contribution in [2.24, 2.45) is 0 Å². The number of hydrogen-bond acceptors (Lipinski definition) is 7. The van der Waals surface area contributed by atoms with E-state index in [-0.39, 0.29) is 5.91 Å². The van der Waals surface area contributed by atoms with E-state index in [0.29, 0.717) is 12.2 Å². The van der Waals surface area contributed by atoms with Crippen LogP contribution in [0.15, 0.2) is 42.7 Å². The second-order valence-electron chi connectivity index (χ2n) is 8.97. The average Bonchev–Trinajstić information content (AvgIpc) is 3.50. The molecule has 7 nitrogen and oxygen atoms in total. The molecule has 2 aliphatic rings. The molecule has 1 amide bonds. The third-order valence-electron chi connectivity index (χ3n) is 6.58. The van der Waals surface area contributed by atoms with Crippen LogP contribution in [0.4, 0.5) is 10.8 Å². The number of anilines is 2. The van der Waals surface area contributed by atoms with Crippen molar-refractivity contribution in [3.05, 3.63) is 48.5 Å². The maximum Gasteiger partial charge on any atom is 0.227 e. The Labute approximate surface area is 202 Å². The highest BCUT2D eigenvalue weighted by molar-refractivity contribution is 7.22. The summed E-state index contributed by atoms with van der Waals surface area (Å²) in [5.41, 5.74) is 5.64. The molecule has 3 aromatic heterocycles. The highest BCUT2D eigenvalue weighted by atomic mass is 32.1. The molecular formula is C26H26N6OS. The highest BCUT2D eigenvalue weighted by Gasteiger charge is 2.22. The van der Waals surface area contributed by atoms with Gasteiger partial charge in [0.25, 0.3) is 0 Å². The van der Waals surface area contributed by atoms with Gasteiger partial charge in [0.05, 0.1) is 5.69 Å². The van der Waals surface area contributed by atoms with Crippen LogP contribution in [0.2, 0.25) is 0 Å². The van der Waals surface area contributed by atoms with Gasteiger partial charge in [0.15, 0.2) is 10.8 Å². The quantitative estimate of drug-likeness (QED) is 0.406. The fourth-order valence-electron chi connectivity index (χ4n) is 4.82. The monoisotopic (exact) mass is 470 g/mol. The number of hydrogen-bond donors (Lipinski definition) is 0. The van der Waals surface area contributed by atoms with Gasteiger partial charge in [0, 0.05) is 55.3 Å². The molecule has 0 aliphatic carbocycles. The van der Waals surface area contributed by atoms with Crippen LogP contribution < -0.4 is 9.80 Å². The summed E-state index contributed by atoms with van der Waals surface area (Å²) in [5, 5.41) is 1.03. The fourth-order valence-corrected chi connectivity index (χ4v) is 5.89. The molecule has 0 N–H and O–H groups in total. The Bertz CT molecular complexity index is 1360. The number of piperidine rings is 1. The number of aryl methyl sites for hydroxylation is 1. The number of aromatic nitrogens is 4. The molecule has 2 aliphatic heterocycles. The zero-order valence-corrected chi connectivity index (χ0v) is 20.0. The molecule has 6 rings (SSSR count). The van der Waals surface area contributed by atoms with Gasteiger partial charge in [-0.15, -0.1) is 0 Å². The van der Waals surface area contributed by atoms with Gasteiger partial charge in [-0.25, -0.2) is 9.97 Å². The lowest BCUT2D eigenvalue weighted by molar-refractivity contribution is -0.117. The third-order valence-corrected chi connectivity index (χ3v) is 7.69. The van der Waals surface area contributed by atoms with E-state index in [2.05, 4.69) is 33.1 Å². The topological polar surface area (TPSA) is 75.1 Å². The zero-order chi connectivity index (χ0) is 23.1. The van der Waals surface area contributed by atoms with Gasteiger partial charge in [-0.3, -0.25) is 9.78 Å². The smallest absolute Gasteiger partial charge is 0.227 e. The molecule has 0 bridgehead atoms. The predicted octanol–water partition coefficient (Wildman–Crippen LogP) is 5.24. The summed E-state index contributed by atoms with van der Waals surface area (Å²) in [6.45, 7) is 4.82. The molecule has 0 atom stereocenters. The molecule has 4 aromatic rings. The van der Waals surface area contributed by atoms with Crippen LogP contribution in [-0.2, 0) is 4.79 Å². The molecule has 0 unspecified atom stereocenters. The number of amides is 1. The maximum absolute atomic E-state index is 12.1. The van der Waals surface area contributed by atoms with E-state index in [4.69, 9.17) is 9.97 Å². The third kappa shape index (κ3) is 3.92. The minimum absolute atomic E-state index is 0.202. The highest BCUT2D eigenvalue weighted by Crippen LogP contribution is 2.36. The van der Waals surface area contributed by atoms with Gasteiger partial charge in [0.1, 0.15) is 10.5 Å². The van der Waals surface area contributed by atoms with Gasteiger partial charge in [-0.1, -0.05) is 23.5 Å². The molecule has 8 heteroatoms. The summed E-state index contributed by atoms with van der Waals surface area (Å²) in [6.07, 6.45) is 9.01. The van der Waals surface area contributed by atoms with Gasteiger partial charge >= 0.3 is 0 Å². The Hall–Kier alpha value is -3.39. The molecule has 0 radical (unpaired) electrons. The van der Waals surface area contributed by atoms with E-state index in [1.807, 2.05) is 36.4 Å². The number of carbonyl (C=O) groups is 1. The van der Waals surface area contributed by atoms with Crippen molar-refractivity contribution in [2.75, 3.05) is 29.4 Å². The van der Waals surface area contributed by atoms with Crippen LogP contribution in [0, 0.1) is 6.92 Å².